The van der Waals surface area contributed by atoms with Crippen LogP contribution in [0.4, 0.5) is 0 Å². The maximum atomic E-state index is 9.28. The molecule has 0 unspecified atom stereocenters. The standard InChI is InChI=1S/C9H12O2.Na.H/c1-2-4-7-5-3-6-8(10)9(7)11;;/h3,5-6,10-11H,2,4H2,1H3;;/q;+1;-1. The fourth-order valence-electron chi connectivity index (χ4n) is 1.05. The third kappa shape index (κ3) is 2.70. The molecule has 3 heteroatoms. The Morgan fingerprint density at radius 1 is 1.33 bits per heavy atom. The Morgan fingerprint density at radius 3 is 2.58 bits per heavy atom. The molecule has 1 rings (SSSR count). The molecule has 0 heterocycles. The molecule has 0 spiro atoms. The summed E-state index contributed by atoms with van der Waals surface area (Å²) in [6.07, 6.45) is 1.78. The molecule has 0 aliphatic rings. The Labute approximate surface area is 96.0 Å². The zero-order chi connectivity index (χ0) is 8.27. The number of para-hydroxylation sites is 1. The van der Waals surface area contributed by atoms with Gasteiger partial charge in [-0.2, -0.15) is 0 Å². The van der Waals surface area contributed by atoms with Crippen LogP contribution in [0.15, 0.2) is 18.2 Å². The Bertz CT molecular complexity index is 253. The first-order valence-electron chi connectivity index (χ1n) is 3.75. The van der Waals surface area contributed by atoms with Crippen molar-refractivity contribution in [1.29, 1.82) is 0 Å². The zero-order valence-electron chi connectivity index (χ0n) is 8.54. The van der Waals surface area contributed by atoms with Crippen molar-refractivity contribution in [3.8, 4) is 11.5 Å². The molecule has 0 aromatic heterocycles. The quantitative estimate of drug-likeness (QED) is 0.456. The van der Waals surface area contributed by atoms with Gasteiger partial charge in [0.15, 0.2) is 11.5 Å². The second-order valence-electron chi connectivity index (χ2n) is 2.53. The number of hydrogen-bond acceptors (Lipinski definition) is 2. The van der Waals surface area contributed by atoms with E-state index in [-0.39, 0.29) is 42.5 Å². The Hall–Kier alpha value is -0.180. The minimum atomic E-state index is -0.0315. The molecule has 0 radical (unpaired) electrons. The average Bonchev–Trinajstić information content (AvgIpc) is 1.99. The van der Waals surface area contributed by atoms with Crippen LogP contribution in [-0.4, -0.2) is 10.2 Å². The summed E-state index contributed by atoms with van der Waals surface area (Å²) >= 11 is 0. The van der Waals surface area contributed by atoms with E-state index in [2.05, 4.69) is 0 Å². The first kappa shape index (κ1) is 11.8. The van der Waals surface area contributed by atoms with Crippen molar-refractivity contribution in [2.75, 3.05) is 0 Å². The Kier molecular flexibility index (Phi) is 5.38. The summed E-state index contributed by atoms with van der Waals surface area (Å²) in [4.78, 5) is 0. The molecular weight excluding hydrogens is 163 g/mol. The van der Waals surface area contributed by atoms with Crippen molar-refractivity contribution in [2.24, 2.45) is 0 Å². The number of aryl methyl sites for hydroxylation is 1. The van der Waals surface area contributed by atoms with Crippen molar-refractivity contribution < 1.29 is 41.2 Å². The summed E-state index contributed by atoms with van der Waals surface area (Å²) in [5.74, 6) is -0.00898. The molecule has 2 N–H and O–H groups in total. The van der Waals surface area contributed by atoms with Crippen molar-refractivity contribution in [2.45, 2.75) is 19.8 Å². The summed E-state index contributed by atoms with van der Waals surface area (Å²) < 4.78 is 0. The predicted molar refractivity (Wildman–Crippen MR) is 44.9 cm³/mol. The van der Waals surface area contributed by atoms with Gasteiger partial charge in [-0.3, -0.25) is 0 Å². The molecule has 0 saturated carbocycles. The third-order valence-corrected chi connectivity index (χ3v) is 1.62. The number of hydrogen-bond donors (Lipinski definition) is 2. The second-order valence-corrected chi connectivity index (χ2v) is 2.53. The largest absolute Gasteiger partial charge is 1.00 e. The number of phenolic OH excluding ortho intramolecular Hbond substituents is 2. The van der Waals surface area contributed by atoms with Crippen LogP contribution in [-0.2, 0) is 6.42 Å². The molecule has 0 fully saturated rings. The monoisotopic (exact) mass is 176 g/mol. The average molecular weight is 176 g/mol. The summed E-state index contributed by atoms with van der Waals surface area (Å²) in [5, 5.41) is 18.4. The Balaban J connectivity index is 0. The number of phenols is 2. The molecule has 1 aromatic carbocycles. The molecule has 12 heavy (non-hydrogen) atoms. The fraction of sp³-hybridized carbons (Fsp3) is 0.333. The van der Waals surface area contributed by atoms with Gasteiger partial charge in [-0.15, -0.1) is 0 Å². The van der Waals surface area contributed by atoms with E-state index in [1.54, 1.807) is 6.07 Å². The molecule has 1 aromatic rings. The Morgan fingerprint density at radius 2 is 2.00 bits per heavy atom. The van der Waals surface area contributed by atoms with Crippen LogP contribution in [0.2, 0.25) is 0 Å². The molecule has 0 saturated heterocycles. The zero-order valence-corrected chi connectivity index (χ0v) is 9.54. The van der Waals surface area contributed by atoms with Crippen molar-refractivity contribution >= 4 is 0 Å². The van der Waals surface area contributed by atoms with Crippen LogP contribution in [0.5, 0.6) is 11.5 Å². The molecule has 62 valence electrons. The van der Waals surface area contributed by atoms with E-state index in [1.807, 2.05) is 13.0 Å². The first-order valence-corrected chi connectivity index (χ1v) is 3.75. The van der Waals surface area contributed by atoms with Crippen LogP contribution in [0, 0.1) is 0 Å². The smallest absolute Gasteiger partial charge is 1.00 e. The van der Waals surface area contributed by atoms with Gasteiger partial charge in [0, 0.05) is 0 Å². The van der Waals surface area contributed by atoms with E-state index in [0.717, 1.165) is 18.4 Å². The molecule has 0 bridgehead atoms. The van der Waals surface area contributed by atoms with Crippen LogP contribution >= 0.6 is 0 Å². The number of aromatic hydroxyl groups is 2. The van der Waals surface area contributed by atoms with Gasteiger partial charge in [0.25, 0.3) is 0 Å². The van der Waals surface area contributed by atoms with Crippen LogP contribution in [0.3, 0.4) is 0 Å². The van der Waals surface area contributed by atoms with Gasteiger partial charge in [-0.1, -0.05) is 25.5 Å². The van der Waals surface area contributed by atoms with Gasteiger partial charge in [-0.25, -0.2) is 0 Å². The molecule has 2 nitrogen and oxygen atoms in total. The van der Waals surface area contributed by atoms with Gasteiger partial charge in [0.05, 0.1) is 0 Å². The van der Waals surface area contributed by atoms with E-state index in [9.17, 15) is 5.11 Å². The van der Waals surface area contributed by atoms with Gasteiger partial charge in [0.1, 0.15) is 0 Å². The van der Waals surface area contributed by atoms with E-state index in [1.165, 1.54) is 6.07 Å². The maximum Gasteiger partial charge on any atom is 1.00 e. The predicted octanol–water partition coefficient (Wildman–Crippen LogP) is -0.833. The first-order chi connectivity index (χ1) is 5.25. The maximum absolute atomic E-state index is 9.28. The van der Waals surface area contributed by atoms with E-state index < -0.39 is 0 Å². The SMILES string of the molecule is CCCc1cccc(O)c1O.[H-].[Na+]. The minimum absolute atomic E-state index is 0. The number of benzene rings is 1. The van der Waals surface area contributed by atoms with Gasteiger partial charge >= 0.3 is 29.6 Å². The second kappa shape index (κ2) is 5.46. The number of rotatable bonds is 2. The summed E-state index contributed by atoms with van der Waals surface area (Å²) in [6, 6.07) is 5.03. The van der Waals surface area contributed by atoms with E-state index in [0.29, 0.717) is 0 Å². The summed E-state index contributed by atoms with van der Waals surface area (Å²) in [6.45, 7) is 2.03. The third-order valence-electron chi connectivity index (χ3n) is 1.62. The van der Waals surface area contributed by atoms with Crippen LogP contribution in [0.1, 0.15) is 20.3 Å². The normalized spacial score (nSPS) is 9.08. The molecule has 0 atom stereocenters. The van der Waals surface area contributed by atoms with Crippen molar-refractivity contribution in [1.82, 2.24) is 0 Å². The van der Waals surface area contributed by atoms with E-state index >= 15 is 0 Å². The summed E-state index contributed by atoms with van der Waals surface area (Å²) in [7, 11) is 0. The molecule has 0 aliphatic carbocycles. The van der Waals surface area contributed by atoms with Gasteiger partial charge in [0.2, 0.25) is 0 Å². The fourth-order valence-corrected chi connectivity index (χ4v) is 1.05. The van der Waals surface area contributed by atoms with Gasteiger partial charge in [-0.05, 0) is 18.1 Å². The minimum Gasteiger partial charge on any atom is -1.00 e. The van der Waals surface area contributed by atoms with Crippen LogP contribution < -0.4 is 29.6 Å². The van der Waals surface area contributed by atoms with Crippen LogP contribution in [0.25, 0.3) is 0 Å². The van der Waals surface area contributed by atoms with Crippen molar-refractivity contribution in [3.05, 3.63) is 23.8 Å². The summed E-state index contributed by atoms with van der Waals surface area (Å²) in [5.41, 5.74) is 0.813. The van der Waals surface area contributed by atoms with Gasteiger partial charge < -0.3 is 11.6 Å². The molecular formula is C9H13NaO2. The molecule has 0 aliphatic heterocycles. The molecule has 0 amide bonds. The van der Waals surface area contributed by atoms with Crippen molar-refractivity contribution in [3.63, 3.8) is 0 Å². The van der Waals surface area contributed by atoms with E-state index in [4.69, 9.17) is 5.11 Å². The topological polar surface area (TPSA) is 40.5 Å².